The molecular formula is C14H16N4S. The standard InChI is InChI=1S/C14H16N4S/c1-10(15-6-11-7-17-18(2)9-11)12-5-14-13(16-8-12)3-4-19-14/h3-5,7-10,15H,6H2,1-2H3. The molecule has 0 aliphatic rings. The average molecular weight is 272 g/mol. The Hall–Kier alpha value is -1.72. The van der Waals surface area contributed by atoms with Gasteiger partial charge in [-0.25, -0.2) is 0 Å². The van der Waals surface area contributed by atoms with E-state index >= 15 is 0 Å². The van der Waals surface area contributed by atoms with Crippen molar-refractivity contribution >= 4 is 21.6 Å². The molecule has 3 heterocycles. The summed E-state index contributed by atoms with van der Waals surface area (Å²) in [6, 6.07) is 4.55. The Morgan fingerprint density at radius 1 is 1.42 bits per heavy atom. The molecule has 19 heavy (non-hydrogen) atoms. The lowest BCUT2D eigenvalue weighted by Gasteiger charge is -2.13. The van der Waals surface area contributed by atoms with E-state index in [9.17, 15) is 0 Å². The molecule has 3 rings (SSSR count). The molecule has 5 heteroatoms. The van der Waals surface area contributed by atoms with Crippen molar-refractivity contribution in [2.45, 2.75) is 19.5 Å². The van der Waals surface area contributed by atoms with Gasteiger partial charge < -0.3 is 5.32 Å². The van der Waals surface area contributed by atoms with Gasteiger partial charge in [-0.05, 0) is 30.0 Å². The summed E-state index contributed by atoms with van der Waals surface area (Å²) in [6.07, 6.45) is 5.87. The Bertz CT molecular complexity index is 685. The van der Waals surface area contributed by atoms with E-state index in [4.69, 9.17) is 0 Å². The molecule has 1 atom stereocenters. The molecule has 1 N–H and O–H groups in total. The van der Waals surface area contributed by atoms with Gasteiger partial charge in [0, 0.05) is 37.6 Å². The van der Waals surface area contributed by atoms with Crippen molar-refractivity contribution in [2.24, 2.45) is 7.05 Å². The highest BCUT2D eigenvalue weighted by atomic mass is 32.1. The number of pyridine rings is 1. The number of nitrogens with one attached hydrogen (secondary N) is 1. The zero-order chi connectivity index (χ0) is 13.2. The van der Waals surface area contributed by atoms with E-state index in [2.05, 4.69) is 39.8 Å². The second kappa shape index (κ2) is 5.11. The summed E-state index contributed by atoms with van der Waals surface area (Å²) in [7, 11) is 1.93. The number of rotatable bonds is 4. The van der Waals surface area contributed by atoms with Gasteiger partial charge >= 0.3 is 0 Å². The van der Waals surface area contributed by atoms with E-state index in [1.54, 1.807) is 11.3 Å². The summed E-state index contributed by atoms with van der Waals surface area (Å²) in [4.78, 5) is 4.48. The predicted octanol–water partition coefficient (Wildman–Crippen LogP) is 2.88. The number of aryl methyl sites for hydroxylation is 1. The van der Waals surface area contributed by atoms with Crippen molar-refractivity contribution in [3.8, 4) is 0 Å². The minimum Gasteiger partial charge on any atom is -0.306 e. The molecule has 1 unspecified atom stereocenters. The molecule has 0 fully saturated rings. The second-order valence-electron chi connectivity index (χ2n) is 4.70. The minimum absolute atomic E-state index is 0.277. The molecule has 0 radical (unpaired) electrons. The lowest BCUT2D eigenvalue weighted by Crippen LogP contribution is -2.17. The maximum absolute atomic E-state index is 4.48. The van der Waals surface area contributed by atoms with Crippen molar-refractivity contribution < 1.29 is 0 Å². The average Bonchev–Trinajstić information content (AvgIpc) is 3.03. The largest absolute Gasteiger partial charge is 0.306 e. The van der Waals surface area contributed by atoms with E-state index in [0.717, 1.165) is 12.1 Å². The Labute approximate surface area is 116 Å². The van der Waals surface area contributed by atoms with Gasteiger partial charge in [0.2, 0.25) is 0 Å². The van der Waals surface area contributed by atoms with Crippen molar-refractivity contribution in [3.05, 3.63) is 47.2 Å². The molecule has 0 aromatic carbocycles. The Kier molecular flexibility index (Phi) is 3.31. The molecule has 4 nitrogen and oxygen atoms in total. The fourth-order valence-electron chi connectivity index (χ4n) is 2.05. The van der Waals surface area contributed by atoms with Gasteiger partial charge in [0.1, 0.15) is 0 Å². The zero-order valence-electron chi connectivity index (χ0n) is 11.0. The third-order valence-corrected chi connectivity index (χ3v) is 4.05. The SMILES string of the molecule is CC(NCc1cnn(C)c1)c1cnc2ccsc2c1. The number of nitrogens with zero attached hydrogens (tertiary/aromatic N) is 3. The molecule has 3 aromatic rings. The van der Waals surface area contributed by atoms with Crippen LogP contribution in [0.25, 0.3) is 10.2 Å². The van der Waals surface area contributed by atoms with Gasteiger partial charge in [0.15, 0.2) is 0 Å². The van der Waals surface area contributed by atoms with Crippen LogP contribution >= 0.6 is 11.3 Å². The lowest BCUT2D eigenvalue weighted by atomic mass is 10.1. The monoisotopic (exact) mass is 272 g/mol. The molecule has 0 aliphatic carbocycles. The van der Waals surface area contributed by atoms with Crippen LogP contribution < -0.4 is 5.32 Å². The third-order valence-electron chi connectivity index (χ3n) is 3.19. The van der Waals surface area contributed by atoms with Gasteiger partial charge in [-0.1, -0.05) is 0 Å². The van der Waals surface area contributed by atoms with Gasteiger partial charge in [-0.2, -0.15) is 5.10 Å². The van der Waals surface area contributed by atoms with E-state index in [1.165, 1.54) is 15.8 Å². The highest BCUT2D eigenvalue weighted by Gasteiger charge is 2.07. The van der Waals surface area contributed by atoms with Gasteiger partial charge in [-0.15, -0.1) is 11.3 Å². The van der Waals surface area contributed by atoms with Crippen molar-refractivity contribution in [2.75, 3.05) is 0 Å². The molecule has 0 amide bonds. The molecule has 0 bridgehead atoms. The number of fused-ring (bicyclic) bond motifs is 1. The maximum Gasteiger partial charge on any atom is 0.0809 e. The van der Waals surface area contributed by atoms with Crippen LogP contribution in [0.3, 0.4) is 0 Å². The summed E-state index contributed by atoms with van der Waals surface area (Å²) in [5.41, 5.74) is 3.49. The van der Waals surface area contributed by atoms with E-state index in [1.807, 2.05) is 30.3 Å². The van der Waals surface area contributed by atoms with Crippen LogP contribution in [0.1, 0.15) is 24.1 Å². The normalized spacial score (nSPS) is 12.9. The van der Waals surface area contributed by atoms with Crippen LogP contribution in [-0.4, -0.2) is 14.8 Å². The first-order chi connectivity index (χ1) is 9.22. The summed E-state index contributed by atoms with van der Waals surface area (Å²) in [5.74, 6) is 0. The number of aromatic nitrogens is 3. The summed E-state index contributed by atoms with van der Waals surface area (Å²) in [6.45, 7) is 2.98. The second-order valence-corrected chi connectivity index (χ2v) is 5.65. The lowest BCUT2D eigenvalue weighted by molar-refractivity contribution is 0.573. The Morgan fingerprint density at radius 3 is 3.11 bits per heavy atom. The maximum atomic E-state index is 4.48. The van der Waals surface area contributed by atoms with Gasteiger partial charge in [0.25, 0.3) is 0 Å². The molecule has 0 spiro atoms. The van der Waals surface area contributed by atoms with E-state index < -0.39 is 0 Å². The van der Waals surface area contributed by atoms with Crippen LogP contribution in [0.2, 0.25) is 0 Å². The van der Waals surface area contributed by atoms with Crippen LogP contribution in [0.5, 0.6) is 0 Å². The highest BCUT2D eigenvalue weighted by molar-refractivity contribution is 7.17. The van der Waals surface area contributed by atoms with Crippen LogP contribution in [-0.2, 0) is 13.6 Å². The number of hydrogen-bond acceptors (Lipinski definition) is 4. The van der Waals surface area contributed by atoms with Crippen LogP contribution in [0.4, 0.5) is 0 Å². The first-order valence-corrected chi connectivity index (χ1v) is 7.14. The quantitative estimate of drug-likeness (QED) is 0.794. The van der Waals surface area contributed by atoms with Gasteiger partial charge in [0.05, 0.1) is 16.4 Å². The zero-order valence-corrected chi connectivity index (χ0v) is 11.8. The van der Waals surface area contributed by atoms with E-state index in [-0.39, 0.29) is 6.04 Å². The van der Waals surface area contributed by atoms with Gasteiger partial charge in [-0.3, -0.25) is 9.67 Å². The van der Waals surface area contributed by atoms with Crippen LogP contribution in [0, 0.1) is 0 Å². The molecular weight excluding hydrogens is 256 g/mol. The van der Waals surface area contributed by atoms with Crippen molar-refractivity contribution in [3.63, 3.8) is 0 Å². The first-order valence-electron chi connectivity index (χ1n) is 6.26. The summed E-state index contributed by atoms with van der Waals surface area (Å²) < 4.78 is 3.06. The molecule has 0 saturated carbocycles. The van der Waals surface area contributed by atoms with Crippen LogP contribution in [0.15, 0.2) is 36.1 Å². The highest BCUT2D eigenvalue weighted by Crippen LogP contribution is 2.22. The summed E-state index contributed by atoms with van der Waals surface area (Å²) in [5, 5.41) is 9.74. The Morgan fingerprint density at radius 2 is 2.32 bits per heavy atom. The summed E-state index contributed by atoms with van der Waals surface area (Å²) >= 11 is 1.73. The number of thiophene rings is 1. The van der Waals surface area contributed by atoms with Crippen molar-refractivity contribution in [1.29, 1.82) is 0 Å². The number of hydrogen-bond donors (Lipinski definition) is 1. The molecule has 98 valence electrons. The Balaban J connectivity index is 1.70. The van der Waals surface area contributed by atoms with E-state index in [0.29, 0.717) is 0 Å². The molecule has 0 aliphatic heterocycles. The first kappa shape index (κ1) is 12.3. The fourth-order valence-corrected chi connectivity index (χ4v) is 2.84. The fraction of sp³-hybridized carbons (Fsp3) is 0.286. The molecule has 0 saturated heterocycles. The smallest absolute Gasteiger partial charge is 0.0809 e. The third kappa shape index (κ3) is 2.67. The van der Waals surface area contributed by atoms with Crippen molar-refractivity contribution in [1.82, 2.24) is 20.1 Å². The minimum atomic E-state index is 0.277. The predicted molar refractivity (Wildman–Crippen MR) is 78.1 cm³/mol. The topological polar surface area (TPSA) is 42.7 Å². The molecule has 3 aromatic heterocycles.